The summed E-state index contributed by atoms with van der Waals surface area (Å²) in [7, 11) is 0. The lowest BCUT2D eigenvalue weighted by Crippen LogP contribution is -2.71. The number of rotatable bonds is 6. The van der Waals surface area contributed by atoms with Crippen molar-refractivity contribution in [1.82, 2.24) is 0 Å². The van der Waals surface area contributed by atoms with Crippen LogP contribution in [0.2, 0.25) is 5.02 Å². The summed E-state index contributed by atoms with van der Waals surface area (Å²) in [6, 6.07) is 9.96. The first kappa shape index (κ1) is 33.1. The first-order valence-electron chi connectivity index (χ1n) is 15.3. The summed E-state index contributed by atoms with van der Waals surface area (Å²) in [5.74, 6) is -5.04. The number of aliphatic hydroxyl groups is 1. The molecule has 3 saturated carbocycles. The number of carbonyl (C=O) groups excluding carboxylic acids is 3. The van der Waals surface area contributed by atoms with Crippen LogP contribution in [0.4, 0.5) is 13.2 Å². The van der Waals surface area contributed by atoms with Gasteiger partial charge in [0.25, 0.3) is 0 Å². The largest absolute Gasteiger partial charge is 0.506 e. The molecule has 4 aliphatic rings. The van der Waals surface area contributed by atoms with Crippen LogP contribution in [-0.2, 0) is 19.1 Å². The predicted octanol–water partition coefficient (Wildman–Crippen LogP) is 6.77. The number of hydrogen-bond acceptors (Lipinski definition) is 8. The first-order valence-corrected chi connectivity index (χ1v) is 15.7. The second kappa shape index (κ2) is 11.4. The number of ketones is 1. The normalized spacial score (nSPS) is 37.2. The Kier molecular flexibility index (Phi) is 8.03. The highest BCUT2D eigenvalue weighted by Crippen LogP contribution is 2.71. The van der Waals surface area contributed by atoms with Crippen LogP contribution in [0.1, 0.15) is 50.4 Å². The van der Waals surface area contributed by atoms with E-state index in [-0.39, 0.29) is 40.5 Å². The van der Waals surface area contributed by atoms with Gasteiger partial charge in [-0.2, -0.15) is 0 Å². The van der Waals surface area contributed by atoms with Crippen molar-refractivity contribution >= 4 is 29.3 Å². The molecule has 2 aromatic rings. The van der Waals surface area contributed by atoms with Gasteiger partial charge in [-0.05, 0) is 86.2 Å². The maximum Gasteiger partial charge on any atom is 0.353 e. The summed E-state index contributed by atoms with van der Waals surface area (Å²) < 4.78 is 63.6. The Bertz CT molecular complexity index is 1700. The Hall–Kier alpha value is -3.83. The second-order valence-corrected chi connectivity index (χ2v) is 13.8. The van der Waals surface area contributed by atoms with Crippen molar-refractivity contribution in [1.29, 1.82) is 0 Å². The number of phenols is 1. The molecule has 47 heavy (non-hydrogen) atoms. The van der Waals surface area contributed by atoms with Crippen LogP contribution in [0, 0.1) is 28.6 Å². The molecule has 4 aliphatic carbocycles. The van der Waals surface area contributed by atoms with Gasteiger partial charge >= 0.3 is 11.9 Å². The van der Waals surface area contributed by atoms with E-state index in [1.807, 2.05) is 0 Å². The molecule has 9 atom stereocenters. The van der Waals surface area contributed by atoms with Crippen molar-refractivity contribution in [2.45, 2.75) is 63.6 Å². The van der Waals surface area contributed by atoms with Crippen LogP contribution in [0.5, 0.6) is 17.2 Å². The maximum absolute atomic E-state index is 17.6. The molecule has 2 aromatic carbocycles. The fourth-order valence-electron chi connectivity index (χ4n) is 8.93. The minimum atomic E-state index is -2.43. The van der Waals surface area contributed by atoms with Gasteiger partial charge in [0.05, 0.1) is 16.7 Å². The smallest absolute Gasteiger partial charge is 0.353 e. The standard InChI is InChI=1S/C35H34ClF3O8/c1-18-12-23-24-15-27(38)25-13-20(40)10-11-32(25,2)34(24,39)29(42)16-33(23,3)35(18,31(44)45-17-37)47-30(43)19-4-6-21(7-5-19)46-22-8-9-26(36)28(41)14-22/h4-11,13-14,18,23-24,27,29,41-42H,12,15-17H2,1-3H3/t18-,23+,24+,27+,29+,32+,33+,34?,35-/m1/s1. The van der Waals surface area contributed by atoms with Crippen molar-refractivity contribution in [3.05, 3.63) is 76.9 Å². The van der Waals surface area contributed by atoms with E-state index in [0.717, 1.165) is 12.2 Å². The molecule has 0 aromatic heterocycles. The van der Waals surface area contributed by atoms with E-state index < -0.39 is 83.1 Å². The van der Waals surface area contributed by atoms with E-state index in [2.05, 4.69) is 0 Å². The van der Waals surface area contributed by atoms with Crippen molar-refractivity contribution in [3.8, 4) is 17.2 Å². The van der Waals surface area contributed by atoms with Gasteiger partial charge in [-0.25, -0.2) is 22.8 Å². The number of benzene rings is 2. The zero-order valence-electron chi connectivity index (χ0n) is 25.8. The number of fused-ring (bicyclic) bond motifs is 5. The van der Waals surface area contributed by atoms with E-state index in [4.69, 9.17) is 25.8 Å². The number of hydrogen-bond donors (Lipinski definition) is 2. The Balaban J connectivity index is 1.34. The number of phenolic OH excluding ortho intramolecular Hbond substituents is 1. The van der Waals surface area contributed by atoms with Gasteiger partial charge in [0.15, 0.2) is 11.5 Å². The molecule has 0 bridgehead atoms. The van der Waals surface area contributed by atoms with Gasteiger partial charge in [-0.1, -0.05) is 31.5 Å². The highest BCUT2D eigenvalue weighted by Gasteiger charge is 2.78. The summed E-state index contributed by atoms with van der Waals surface area (Å²) in [6.07, 6.45) is -0.623. The Morgan fingerprint density at radius 3 is 2.40 bits per heavy atom. The van der Waals surface area contributed by atoms with Gasteiger partial charge in [0, 0.05) is 28.7 Å². The van der Waals surface area contributed by atoms with E-state index in [1.165, 1.54) is 55.5 Å². The van der Waals surface area contributed by atoms with E-state index >= 15 is 8.78 Å². The van der Waals surface area contributed by atoms with E-state index in [0.29, 0.717) is 5.75 Å². The molecule has 0 spiro atoms. The van der Waals surface area contributed by atoms with Crippen LogP contribution in [0.3, 0.4) is 0 Å². The SMILES string of the molecule is C[C@@H]1C[C@H]2[C@@H]3C[C@H](F)C4=CC(=O)C=C[C@]4(C)C3(F)[C@@H](O)C[C@]2(C)[C@]1(OC(=O)c1ccc(Oc2ccc(Cl)c(O)c2)cc1)C(=O)OCF. The molecule has 0 saturated heterocycles. The molecule has 0 heterocycles. The van der Waals surface area contributed by atoms with Crippen LogP contribution in [0.15, 0.2) is 66.3 Å². The van der Waals surface area contributed by atoms with Gasteiger partial charge in [-0.3, -0.25) is 4.79 Å². The third kappa shape index (κ3) is 4.71. The number of ether oxygens (including phenoxy) is 3. The number of aromatic hydroxyl groups is 1. The zero-order valence-corrected chi connectivity index (χ0v) is 26.6. The number of allylic oxidation sites excluding steroid dienone is 4. The molecule has 0 radical (unpaired) electrons. The lowest BCUT2D eigenvalue weighted by Gasteiger charge is -2.63. The van der Waals surface area contributed by atoms with Crippen LogP contribution >= 0.6 is 11.6 Å². The van der Waals surface area contributed by atoms with E-state index in [1.54, 1.807) is 13.8 Å². The maximum atomic E-state index is 17.6. The van der Waals surface area contributed by atoms with Crippen LogP contribution in [0.25, 0.3) is 0 Å². The summed E-state index contributed by atoms with van der Waals surface area (Å²) >= 11 is 5.84. The Morgan fingerprint density at radius 2 is 1.74 bits per heavy atom. The average Bonchev–Trinajstić information content (AvgIpc) is 3.24. The van der Waals surface area contributed by atoms with Gasteiger partial charge in [0.1, 0.15) is 23.4 Å². The van der Waals surface area contributed by atoms with Crippen molar-refractivity contribution < 1.29 is 52.0 Å². The van der Waals surface area contributed by atoms with Crippen molar-refractivity contribution in [2.24, 2.45) is 28.6 Å². The molecular formula is C35H34ClF3O8. The van der Waals surface area contributed by atoms with Gasteiger partial charge < -0.3 is 24.4 Å². The van der Waals surface area contributed by atoms with Crippen LogP contribution in [-0.4, -0.2) is 58.3 Å². The van der Waals surface area contributed by atoms with Crippen LogP contribution < -0.4 is 4.74 Å². The first-order chi connectivity index (χ1) is 22.1. The molecule has 0 amide bonds. The number of aliphatic hydroxyl groups excluding tert-OH is 1. The monoisotopic (exact) mass is 674 g/mol. The van der Waals surface area contributed by atoms with Crippen molar-refractivity contribution in [2.75, 3.05) is 6.86 Å². The molecule has 2 N–H and O–H groups in total. The minimum Gasteiger partial charge on any atom is -0.506 e. The highest BCUT2D eigenvalue weighted by molar-refractivity contribution is 6.32. The summed E-state index contributed by atoms with van der Waals surface area (Å²) in [5, 5.41) is 21.6. The zero-order chi connectivity index (χ0) is 34.1. The Labute approximate surface area is 274 Å². The topological polar surface area (TPSA) is 119 Å². The third-order valence-electron chi connectivity index (χ3n) is 11.2. The summed E-state index contributed by atoms with van der Waals surface area (Å²) in [5.41, 5.74) is -7.79. The molecule has 0 aliphatic heterocycles. The number of esters is 2. The van der Waals surface area contributed by atoms with E-state index in [9.17, 15) is 29.0 Å². The van der Waals surface area contributed by atoms with Crippen molar-refractivity contribution in [3.63, 3.8) is 0 Å². The lowest BCUT2D eigenvalue weighted by atomic mass is 9.44. The predicted molar refractivity (Wildman–Crippen MR) is 163 cm³/mol. The molecule has 12 heteroatoms. The molecule has 3 fully saturated rings. The second-order valence-electron chi connectivity index (χ2n) is 13.4. The van der Waals surface area contributed by atoms with Gasteiger partial charge in [-0.15, -0.1) is 0 Å². The molecular weight excluding hydrogens is 641 g/mol. The third-order valence-corrected chi connectivity index (χ3v) is 11.5. The molecule has 8 nitrogen and oxygen atoms in total. The molecule has 1 unspecified atom stereocenters. The fourth-order valence-corrected chi connectivity index (χ4v) is 9.05. The van der Waals surface area contributed by atoms with Gasteiger partial charge in [0.2, 0.25) is 12.5 Å². The number of halogens is 4. The number of alkyl halides is 3. The Morgan fingerprint density at radius 1 is 1.06 bits per heavy atom. The lowest BCUT2D eigenvalue weighted by molar-refractivity contribution is -0.232. The molecule has 250 valence electrons. The summed E-state index contributed by atoms with van der Waals surface area (Å²) in [6.45, 7) is 3.10. The minimum absolute atomic E-state index is 0.0000354. The number of carbonyl (C=O) groups is 3. The quantitative estimate of drug-likeness (QED) is 0.323. The highest BCUT2D eigenvalue weighted by atomic mass is 35.5. The summed E-state index contributed by atoms with van der Waals surface area (Å²) in [4.78, 5) is 39.6. The fraction of sp³-hybridized carbons (Fsp3) is 0.457. The average molecular weight is 675 g/mol. The molecule has 6 rings (SSSR count).